The number of amides is 1. The van der Waals surface area contributed by atoms with Gasteiger partial charge in [-0.1, -0.05) is 35.9 Å². The van der Waals surface area contributed by atoms with E-state index in [0.717, 1.165) is 35.2 Å². The molecule has 1 heterocycles. The number of carbonyl (C=O) groups is 1. The number of rotatable bonds is 8. The van der Waals surface area contributed by atoms with Crippen molar-refractivity contribution in [1.29, 1.82) is 0 Å². The van der Waals surface area contributed by atoms with Crippen molar-refractivity contribution in [3.05, 3.63) is 65.4 Å². The molecule has 2 aromatic carbocycles. The number of benzene rings is 2. The van der Waals surface area contributed by atoms with Crippen molar-refractivity contribution in [3.63, 3.8) is 0 Å². The summed E-state index contributed by atoms with van der Waals surface area (Å²) in [6, 6.07) is 15.6. The van der Waals surface area contributed by atoms with Gasteiger partial charge in [0.2, 0.25) is 0 Å². The van der Waals surface area contributed by atoms with Crippen LogP contribution >= 0.6 is 0 Å². The number of para-hydroxylation sites is 1. The van der Waals surface area contributed by atoms with E-state index in [2.05, 4.69) is 10.6 Å². The lowest BCUT2D eigenvalue weighted by atomic mass is 10.1. The van der Waals surface area contributed by atoms with Crippen molar-refractivity contribution in [3.8, 4) is 5.75 Å². The largest absolute Gasteiger partial charge is 0.492 e. The Morgan fingerprint density at radius 2 is 1.85 bits per heavy atom. The Morgan fingerprint density at radius 1 is 1.08 bits per heavy atom. The van der Waals surface area contributed by atoms with Gasteiger partial charge in [-0.25, -0.2) is 0 Å². The normalized spacial score (nSPS) is 10.8. The van der Waals surface area contributed by atoms with Crippen molar-refractivity contribution in [2.45, 2.75) is 13.3 Å². The third kappa shape index (κ3) is 4.24. The first-order valence-corrected chi connectivity index (χ1v) is 8.81. The number of aryl methyl sites for hydroxylation is 1. The lowest BCUT2D eigenvalue weighted by molar-refractivity contribution is 0.0920. The summed E-state index contributed by atoms with van der Waals surface area (Å²) in [5.74, 6) is 0.972. The van der Waals surface area contributed by atoms with Crippen molar-refractivity contribution in [2.24, 2.45) is 0 Å². The first-order valence-electron chi connectivity index (χ1n) is 8.81. The first-order chi connectivity index (χ1) is 12.7. The van der Waals surface area contributed by atoms with Crippen molar-refractivity contribution >= 4 is 16.9 Å². The van der Waals surface area contributed by atoms with Crippen molar-refractivity contribution < 1.29 is 13.9 Å². The van der Waals surface area contributed by atoms with Crippen LogP contribution in [0.5, 0.6) is 5.75 Å². The Kier molecular flexibility index (Phi) is 5.92. The SMILES string of the molecule is CNCCc1c(C(=O)NCCOc2ccc(C)cc2)oc2ccccc12. The van der Waals surface area contributed by atoms with Gasteiger partial charge in [0.25, 0.3) is 5.91 Å². The minimum Gasteiger partial charge on any atom is -0.492 e. The lowest BCUT2D eigenvalue weighted by Gasteiger charge is -2.08. The van der Waals surface area contributed by atoms with Crippen LogP contribution in [0, 0.1) is 6.92 Å². The molecular formula is C21H24N2O3. The zero-order valence-corrected chi connectivity index (χ0v) is 15.2. The van der Waals surface area contributed by atoms with Gasteiger partial charge in [-0.15, -0.1) is 0 Å². The summed E-state index contributed by atoms with van der Waals surface area (Å²) in [5, 5.41) is 6.99. The summed E-state index contributed by atoms with van der Waals surface area (Å²) in [6.45, 7) is 3.62. The molecule has 0 fully saturated rings. The van der Waals surface area contributed by atoms with E-state index in [1.54, 1.807) is 0 Å². The number of hydrogen-bond donors (Lipinski definition) is 2. The molecule has 0 spiro atoms. The summed E-state index contributed by atoms with van der Waals surface area (Å²) in [5.41, 5.74) is 2.86. The average Bonchev–Trinajstić information content (AvgIpc) is 3.03. The predicted molar refractivity (Wildman–Crippen MR) is 103 cm³/mol. The van der Waals surface area contributed by atoms with Gasteiger partial charge < -0.3 is 19.8 Å². The molecule has 0 saturated carbocycles. The van der Waals surface area contributed by atoms with Gasteiger partial charge in [0, 0.05) is 10.9 Å². The van der Waals surface area contributed by atoms with Gasteiger partial charge in [0.05, 0.1) is 6.54 Å². The fraction of sp³-hybridized carbons (Fsp3) is 0.286. The molecule has 5 heteroatoms. The van der Waals surface area contributed by atoms with Gasteiger partial charge in [-0.2, -0.15) is 0 Å². The number of furan rings is 1. The number of fused-ring (bicyclic) bond motifs is 1. The zero-order chi connectivity index (χ0) is 18.4. The molecule has 0 radical (unpaired) electrons. The van der Waals surface area contributed by atoms with Crippen LogP contribution in [0.4, 0.5) is 0 Å². The molecule has 0 saturated heterocycles. The molecule has 0 aliphatic heterocycles. The molecule has 5 nitrogen and oxygen atoms in total. The minimum absolute atomic E-state index is 0.209. The fourth-order valence-electron chi connectivity index (χ4n) is 2.83. The quantitative estimate of drug-likeness (QED) is 0.611. The molecule has 0 aliphatic rings. The Labute approximate surface area is 153 Å². The Morgan fingerprint density at radius 3 is 2.62 bits per heavy atom. The standard InChI is InChI=1S/C21H24N2O3/c1-15-7-9-16(10-8-15)25-14-13-23-21(24)20-18(11-12-22-2)17-5-3-4-6-19(17)26-20/h3-10,22H,11-14H2,1-2H3,(H,23,24). The molecule has 0 atom stereocenters. The number of likely N-dealkylation sites (N-methyl/N-ethyl adjacent to an activating group) is 1. The van der Waals surface area contributed by atoms with Crippen LogP contribution in [-0.2, 0) is 6.42 Å². The van der Waals surface area contributed by atoms with Gasteiger partial charge in [-0.3, -0.25) is 4.79 Å². The van der Waals surface area contributed by atoms with Gasteiger partial charge in [0.15, 0.2) is 5.76 Å². The van der Waals surface area contributed by atoms with Crippen LogP contribution in [0.15, 0.2) is 52.9 Å². The van der Waals surface area contributed by atoms with Crippen LogP contribution in [0.1, 0.15) is 21.7 Å². The molecule has 0 aliphatic carbocycles. The molecule has 3 rings (SSSR count). The van der Waals surface area contributed by atoms with E-state index >= 15 is 0 Å². The highest BCUT2D eigenvalue weighted by molar-refractivity contribution is 5.99. The molecule has 1 aromatic heterocycles. The maximum Gasteiger partial charge on any atom is 0.287 e. The molecule has 136 valence electrons. The van der Waals surface area contributed by atoms with E-state index in [0.29, 0.717) is 18.9 Å². The average molecular weight is 352 g/mol. The van der Waals surface area contributed by atoms with E-state index in [4.69, 9.17) is 9.15 Å². The maximum atomic E-state index is 12.6. The van der Waals surface area contributed by atoms with E-state index in [1.165, 1.54) is 5.56 Å². The highest BCUT2D eigenvalue weighted by Gasteiger charge is 2.19. The molecule has 3 aromatic rings. The number of hydrogen-bond acceptors (Lipinski definition) is 4. The third-order valence-electron chi connectivity index (χ3n) is 4.21. The number of nitrogens with one attached hydrogen (secondary N) is 2. The highest BCUT2D eigenvalue weighted by Crippen LogP contribution is 2.26. The monoisotopic (exact) mass is 352 g/mol. The van der Waals surface area contributed by atoms with E-state index in [-0.39, 0.29) is 5.91 Å². The second kappa shape index (κ2) is 8.54. The minimum atomic E-state index is -0.209. The third-order valence-corrected chi connectivity index (χ3v) is 4.21. The summed E-state index contributed by atoms with van der Waals surface area (Å²) in [6.07, 6.45) is 0.732. The number of ether oxygens (including phenoxy) is 1. The molecule has 0 unspecified atom stereocenters. The molecule has 2 N–H and O–H groups in total. The van der Waals surface area contributed by atoms with Crippen LogP contribution in [0.25, 0.3) is 11.0 Å². The molecule has 1 amide bonds. The zero-order valence-electron chi connectivity index (χ0n) is 15.2. The Hall–Kier alpha value is -2.79. The smallest absolute Gasteiger partial charge is 0.287 e. The molecule has 0 bridgehead atoms. The molecular weight excluding hydrogens is 328 g/mol. The van der Waals surface area contributed by atoms with E-state index < -0.39 is 0 Å². The fourth-order valence-corrected chi connectivity index (χ4v) is 2.83. The first kappa shape index (κ1) is 18.0. The topological polar surface area (TPSA) is 63.5 Å². The summed E-state index contributed by atoms with van der Waals surface area (Å²) in [4.78, 5) is 12.6. The Balaban J connectivity index is 1.62. The summed E-state index contributed by atoms with van der Waals surface area (Å²) >= 11 is 0. The van der Waals surface area contributed by atoms with Crippen LogP contribution in [0.3, 0.4) is 0 Å². The van der Waals surface area contributed by atoms with Crippen molar-refractivity contribution in [2.75, 3.05) is 26.7 Å². The lowest BCUT2D eigenvalue weighted by Crippen LogP contribution is -2.28. The number of carbonyl (C=O) groups excluding carboxylic acids is 1. The van der Waals surface area contributed by atoms with Crippen LogP contribution < -0.4 is 15.4 Å². The molecule has 26 heavy (non-hydrogen) atoms. The second-order valence-electron chi connectivity index (χ2n) is 6.18. The summed E-state index contributed by atoms with van der Waals surface area (Å²) < 4.78 is 11.5. The van der Waals surface area contributed by atoms with Crippen LogP contribution in [-0.4, -0.2) is 32.7 Å². The highest BCUT2D eigenvalue weighted by atomic mass is 16.5. The second-order valence-corrected chi connectivity index (χ2v) is 6.18. The Bertz CT molecular complexity index is 869. The predicted octanol–water partition coefficient (Wildman–Crippen LogP) is 3.31. The summed E-state index contributed by atoms with van der Waals surface area (Å²) in [7, 11) is 1.89. The van der Waals surface area contributed by atoms with Crippen molar-refractivity contribution in [1.82, 2.24) is 10.6 Å². The maximum absolute atomic E-state index is 12.6. The van der Waals surface area contributed by atoms with Gasteiger partial charge in [0.1, 0.15) is 17.9 Å². The van der Waals surface area contributed by atoms with Gasteiger partial charge in [-0.05, 0) is 45.1 Å². The van der Waals surface area contributed by atoms with Gasteiger partial charge >= 0.3 is 0 Å². The van der Waals surface area contributed by atoms with E-state index in [9.17, 15) is 4.79 Å². The van der Waals surface area contributed by atoms with E-state index in [1.807, 2.05) is 62.5 Å². The van der Waals surface area contributed by atoms with Crippen LogP contribution in [0.2, 0.25) is 0 Å².